The number of carbonyl (C=O) groups excluding carboxylic acids is 1. The molecular weight excluding hydrogens is 266 g/mol. The molecule has 1 fully saturated rings. The largest absolute Gasteiger partial charge is 0.379 e. The van der Waals surface area contributed by atoms with Crippen LogP contribution < -0.4 is 10.6 Å². The number of nitrogens with one attached hydrogen (secondary N) is 2. The van der Waals surface area contributed by atoms with Gasteiger partial charge in [-0.2, -0.15) is 0 Å². The van der Waals surface area contributed by atoms with Gasteiger partial charge in [-0.25, -0.2) is 0 Å². The molecule has 1 aromatic rings. The highest BCUT2D eigenvalue weighted by molar-refractivity contribution is 5.95. The monoisotopic (exact) mass is 291 g/mol. The van der Waals surface area contributed by atoms with E-state index >= 15 is 0 Å². The van der Waals surface area contributed by atoms with Gasteiger partial charge in [0.25, 0.3) is 5.91 Å². The first-order valence-electron chi connectivity index (χ1n) is 7.54. The Kier molecular flexibility index (Phi) is 6.17. The summed E-state index contributed by atoms with van der Waals surface area (Å²) in [7, 11) is 1.89. The van der Waals surface area contributed by atoms with Crippen molar-refractivity contribution >= 4 is 5.91 Å². The minimum atomic E-state index is 0.000888. The van der Waals surface area contributed by atoms with Crippen LogP contribution in [0.3, 0.4) is 0 Å². The van der Waals surface area contributed by atoms with Crippen LogP contribution in [0.1, 0.15) is 22.8 Å². The first-order chi connectivity index (χ1) is 10.2. The molecule has 116 valence electrons. The van der Waals surface area contributed by atoms with Gasteiger partial charge in [0.2, 0.25) is 0 Å². The molecule has 5 nitrogen and oxygen atoms in total. The van der Waals surface area contributed by atoms with Crippen LogP contribution in [0.25, 0.3) is 0 Å². The van der Waals surface area contributed by atoms with E-state index in [1.54, 1.807) is 0 Å². The molecule has 0 aromatic heterocycles. The van der Waals surface area contributed by atoms with Crippen molar-refractivity contribution in [1.29, 1.82) is 0 Å². The van der Waals surface area contributed by atoms with Gasteiger partial charge >= 0.3 is 0 Å². The third-order valence-corrected chi connectivity index (χ3v) is 3.82. The molecule has 0 saturated carbocycles. The second kappa shape index (κ2) is 8.12. The van der Waals surface area contributed by atoms with E-state index in [1.165, 1.54) is 0 Å². The quantitative estimate of drug-likeness (QED) is 0.816. The van der Waals surface area contributed by atoms with Crippen LogP contribution in [0.5, 0.6) is 0 Å². The fraction of sp³-hybridized carbons (Fsp3) is 0.562. The molecule has 1 heterocycles. The predicted molar refractivity (Wildman–Crippen MR) is 83.4 cm³/mol. The van der Waals surface area contributed by atoms with E-state index in [0.29, 0.717) is 6.54 Å². The molecule has 2 rings (SSSR count). The number of hydrogen-bond donors (Lipinski definition) is 2. The minimum Gasteiger partial charge on any atom is -0.379 e. The fourth-order valence-corrected chi connectivity index (χ4v) is 2.32. The highest BCUT2D eigenvalue weighted by Crippen LogP contribution is 2.13. The number of rotatable bonds is 6. The van der Waals surface area contributed by atoms with Crippen molar-refractivity contribution in [3.63, 3.8) is 0 Å². The van der Waals surface area contributed by atoms with Gasteiger partial charge in [0.05, 0.1) is 13.2 Å². The number of hydrogen-bond acceptors (Lipinski definition) is 4. The van der Waals surface area contributed by atoms with Crippen LogP contribution in [0.4, 0.5) is 0 Å². The normalized spacial score (nSPS) is 17.4. The second-order valence-corrected chi connectivity index (χ2v) is 5.45. The first-order valence-corrected chi connectivity index (χ1v) is 7.54. The maximum Gasteiger partial charge on any atom is 0.251 e. The number of likely N-dealkylation sites (N-methyl/N-ethyl adjacent to an activating group) is 1. The number of nitrogens with zero attached hydrogens (tertiary/aromatic N) is 1. The van der Waals surface area contributed by atoms with Gasteiger partial charge < -0.3 is 15.4 Å². The van der Waals surface area contributed by atoms with Gasteiger partial charge in [-0.15, -0.1) is 0 Å². The van der Waals surface area contributed by atoms with E-state index < -0.39 is 0 Å². The molecule has 21 heavy (non-hydrogen) atoms. The zero-order chi connectivity index (χ0) is 15.1. The highest BCUT2D eigenvalue weighted by atomic mass is 16.5. The van der Waals surface area contributed by atoms with Crippen molar-refractivity contribution in [2.75, 3.05) is 39.9 Å². The number of amides is 1. The topological polar surface area (TPSA) is 53.6 Å². The van der Waals surface area contributed by atoms with Gasteiger partial charge in [-0.05, 0) is 25.6 Å². The van der Waals surface area contributed by atoms with Gasteiger partial charge in [0, 0.05) is 37.8 Å². The van der Waals surface area contributed by atoms with Crippen molar-refractivity contribution in [3.8, 4) is 0 Å². The van der Waals surface area contributed by atoms with Gasteiger partial charge in [0.1, 0.15) is 0 Å². The summed E-state index contributed by atoms with van der Waals surface area (Å²) in [5.41, 5.74) is 1.85. The molecule has 1 aromatic carbocycles. The van der Waals surface area contributed by atoms with Crippen molar-refractivity contribution < 1.29 is 9.53 Å². The summed E-state index contributed by atoms with van der Waals surface area (Å²) >= 11 is 0. The molecule has 1 amide bonds. The molecule has 1 unspecified atom stereocenters. The molecule has 5 heteroatoms. The van der Waals surface area contributed by atoms with Crippen LogP contribution in [-0.4, -0.2) is 56.7 Å². The number of benzene rings is 1. The zero-order valence-electron chi connectivity index (χ0n) is 12.9. The van der Waals surface area contributed by atoms with Crippen molar-refractivity contribution in [2.45, 2.75) is 19.5 Å². The molecule has 2 N–H and O–H groups in total. The summed E-state index contributed by atoms with van der Waals surface area (Å²) < 4.78 is 5.36. The Morgan fingerprint density at radius 2 is 2.05 bits per heavy atom. The Balaban J connectivity index is 2.00. The van der Waals surface area contributed by atoms with Crippen LogP contribution in [-0.2, 0) is 11.3 Å². The Morgan fingerprint density at radius 1 is 1.33 bits per heavy atom. The smallest absolute Gasteiger partial charge is 0.251 e. The van der Waals surface area contributed by atoms with Gasteiger partial charge in [-0.1, -0.05) is 18.2 Å². The molecule has 1 aliphatic heterocycles. The fourth-order valence-electron chi connectivity index (χ4n) is 2.32. The lowest BCUT2D eigenvalue weighted by molar-refractivity contribution is 0.0340. The lowest BCUT2D eigenvalue weighted by atomic mass is 10.1. The highest BCUT2D eigenvalue weighted by Gasteiger charge is 2.16. The molecular formula is C16H25N3O2. The summed E-state index contributed by atoms with van der Waals surface area (Å²) in [5, 5.41) is 6.10. The first kappa shape index (κ1) is 15.9. The molecule has 1 aliphatic rings. The van der Waals surface area contributed by atoms with E-state index in [9.17, 15) is 4.79 Å². The maximum absolute atomic E-state index is 12.3. The molecule has 0 aliphatic carbocycles. The Labute approximate surface area is 126 Å². The summed E-state index contributed by atoms with van der Waals surface area (Å²) in [6.45, 7) is 6.86. The number of morpholine rings is 1. The van der Waals surface area contributed by atoms with Crippen LogP contribution in [0, 0.1) is 0 Å². The summed E-state index contributed by atoms with van der Waals surface area (Å²) in [6.07, 6.45) is 0. The molecule has 1 saturated heterocycles. The van der Waals surface area contributed by atoms with Crippen molar-refractivity contribution in [2.24, 2.45) is 0 Å². The second-order valence-electron chi connectivity index (χ2n) is 5.45. The lowest BCUT2D eigenvalue weighted by Crippen LogP contribution is -2.38. The molecule has 0 radical (unpaired) electrons. The van der Waals surface area contributed by atoms with E-state index in [0.717, 1.165) is 44.0 Å². The van der Waals surface area contributed by atoms with Crippen LogP contribution in [0.15, 0.2) is 24.3 Å². The average molecular weight is 291 g/mol. The Morgan fingerprint density at radius 3 is 2.76 bits per heavy atom. The van der Waals surface area contributed by atoms with Crippen LogP contribution >= 0.6 is 0 Å². The van der Waals surface area contributed by atoms with E-state index in [-0.39, 0.29) is 11.9 Å². The van der Waals surface area contributed by atoms with E-state index in [2.05, 4.69) is 15.5 Å². The van der Waals surface area contributed by atoms with E-state index in [4.69, 9.17) is 4.74 Å². The van der Waals surface area contributed by atoms with Crippen molar-refractivity contribution in [3.05, 3.63) is 35.4 Å². The Bertz CT molecular complexity index is 459. The number of carbonyl (C=O) groups is 1. The summed E-state index contributed by atoms with van der Waals surface area (Å²) in [6, 6.07) is 8.10. The standard InChI is InChI=1S/C16H25N3O2/c1-13(17-2)11-18-16(20)15-6-4-3-5-14(15)12-19-7-9-21-10-8-19/h3-6,13,17H,7-12H2,1-2H3,(H,18,20). The third kappa shape index (κ3) is 4.81. The zero-order valence-corrected chi connectivity index (χ0v) is 12.9. The van der Waals surface area contributed by atoms with E-state index in [1.807, 2.05) is 38.2 Å². The molecule has 0 spiro atoms. The SMILES string of the molecule is CNC(C)CNC(=O)c1ccccc1CN1CCOCC1. The number of ether oxygens (including phenoxy) is 1. The van der Waals surface area contributed by atoms with Gasteiger partial charge in [0.15, 0.2) is 0 Å². The minimum absolute atomic E-state index is 0.000888. The summed E-state index contributed by atoms with van der Waals surface area (Å²) in [4.78, 5) is 14.7. The molecule has 1 atom stereocenters. The van der Waals surface area contributed by atoms with Crippen LogP contribution in [0.2, 0.25) is 0 Å². The van der Waals surface area contributed by atoms with Crippen molar-refractivity contribution in [1.82, 2.24) is 15.5 Å². The third-order valence-electron chi connectivity index (χ3n) is 3.82. The lowest BCUT2D eigenvalue weighted by Gasteiger charge is -2.27. The molecule has 0 bridgehead atoms. The average Bonchev–Trinajstić information content (AvgIpc) is 2.53. The van der Waals surface area contributed by atoms with Gasteiger partial charge in [-0.3, -0.25) is 9.69 Å². The summed E-state index contributed by atoms with van der Waals surface area (Å²) in [5.74, 6) is 0.000888. The maximum atomic E-state index is 12.3. The predicted octanol–water partition coefficient (Wildman–Crippen LogP) is 0.857. The Hall–Kier alpha value is -1.43.